The number of rotatable bonds is 4. The molecule has 1 unspecified atom stereocenters. The van der Waals surface area contributed by atoms with Gasteiger partial charge in [-0.3, -0.25) is 9.59 Å². The summed E-state index contributed by atoms with van der Waals surface area (Å²) in [6.07, 6.45) is 4.23. The van der Waals surface area contributed by atoms with Gasteiger partial charge in [-0.1, -0.05) is 0 Å². The van der Waals surface area contributed by atoms with E-state index in [2.05, 4.69) is 0 Å². The van der Waals surface area contributed by atoms with Crippen molar-refractivity contribution in [3.05, 3.63) is 29.8 Å². The molecular formula is C18H24N2O3. The molecule has 0 bridgehead atoms. The van der Waals surface area contributed by atoms with Crippen molar-refractivity contribution in [3.63, 3.8) is 0 Å². The van der Waals surface area contributed by atoms with Crippen molar-refractivity contribution in [1.82, 2.24) is 9.80 Å². The molecule has 124 valence electrons. The van der Waals surface area contributed by atoms with Gasteiger partial charge < -0.3 is 14.5 Å². The van der Waals surface area contributed by atoms with Gasteiger partial charge in [-0.05, 0) is 49.9 Å². The number of hydrogen-bond acceptors (Lipinski definition) is 3. The molecule has 2 amide bonds. The van der Waals surface area contributed by atoms with Crippen LogP contribution < -0.4 is 4.74 Å². The summed E-state index contributed by atoms with van der Waals surface area (Å²) >= 11 is 0. The van der Waals surface area contributed by atoms with Crippen LogP contribution in [-0.2, 0) is 4.79 Å². The largest absolute Gasteiger partial charge is 0.491 e. The Labute approximate surface area is 137 Å². The molecule has 0 saturated carbocycles. The number of ether oxygens (including phenoxy) is 1. The van der Waals surface area contributed by atoms with Gasteiger partial charge in [0.25, 0.3) is 5.91 Å². The second kappa shape index (κ2) is 7.02. The first-order valence-electron chi connectivity index (χ1n) is 8.44. The number of nitrogens with zero attached hydrogens (tertiary/aromatic N) is 2. The third kappa shape index (κ3) is 3.66. The van der Waals surface area contributed by atoms with Crippen molar-refractivity contribution in [2.45, 2.75) is 38.6 Å². The Balaban J connectivity index is 1.55. The van der Waals surface area contributed by atoms with Crippen LogP contribution >= 0.6 is 0 Å². The van der Waals surface area contributed by atoms with E-state index in [9.17, 15) is 9.59 Å². The monoisotopic (exact) mass is 316 g/mol. The van der Waals surface area contributed by atoms with Crippen LogP contribution in [0.2, 0.25) is 0 Å². The van der Waals surface area contributed by atoms with Crippen molar-refractivity contribution in [1.29, 1.82) is 0 Å². The molecule has 2 aliphatic rings. The maximum Gasteiger partial charge on any atom is 0.253 e. The molecule has 0 aromatic heterocycles. The summed E-state index contributed by atoms with van der Waals surface area (Å²) in [5.41, 5.74) is 0.713. The number of carbonyl (C=O) groups excluding carboxylic acids is 2. The quantitative estimate of drug-likeness (QED) is 0.856. The highest BCUT2D eigenvalue weighted by Gasteiger charge is 2.27. The van der Waals surface area contributed by atoms with Crippen LogP contribution in [0.1, 0.15) is 43.0 Å². The first-order chi connectivity index (χ1) is 11.1. The molecular weight excluding hydrogens is 292 g/mol. The molecule has 0 spiro atoms. The smallest absolute Gasteiger partial charge is 0.253 e. The lowest BCUT2D eigenvalue weighted by molar-refractivity contribution is -0.130. The maximum absolute atomic E-state index is 12.3. The van der Waals surface area contributed by atoms with Crippen LogP contribution in [0.3, 0.4) is 0 Å². The fraction of sp³-hybridized carbons (Fsp3) is 0.556. The van der Waals surface area contributed by atoms with Gasteiger partial charge in [0.1, 0.15) is 12.4 Å². The van der Waals surface area contributed by atoms with E-state index in [4.69, 9.17) is 4.74 Å². The molecule has 2 fully saturated rings. The van der Waals surface area contributed by atoms with E-state index in [0.29, 0.717) is 12.2 Å². The average Bonchev–Trinajstić information content (AvgIpc) is 3.24. The first kappa shape index (κ1) is 15.8. The SMILES string of the molecule is CC(=O)N1CCCC1COc1ccc(C(=O)N2CCCC2)cc1. The Bertz CT molecular complexity index is 564. The maximum atomic E-state index is 12.3. The summed E-state index contributed by atoms with van der Waals surface area (Å²) in [5.74, 6) is 0.966. The zero-order chi connectivity index (χ0) is 16.2. The molecule has 5 heteroatoms. The molecule has 3 rings (SSSR count). The van der Waals surface area contributed by atoms with E-state index in [0.717, 1.165) is 51.1 Å². The predicted octanol–water partition coefficient (Wildman–Crippen LogP) is 2.31. The Morgan fingerprint density at radius 1 is 1.09 bits per heavy atom. The van der Waals surface area contributed by atoms with Crippen LogP contribution in [0.15, 0.2) is 24.3 Å². The normalized spacial score (nSPS) is 20.8. The second-order valence-electron chi connectivity index (χ2n) is 6.34. The third-order valence-corrected chi connectivity index (χ3v) is 4.72. The van der Waals surface area contributed by atoms with Crippen LogP contribution in [0.5, 0.6) is 5.75 Å². The number of amides is 2. The fourth-order valence-electron chi connectivity index (χ4n) is 3.41. The van der Waals surface area contributed by atoms with Crippen molar-refractivity contribution >= 4 is 11.8 Å². The van der Waals surface area contributed by atoms with E-state index < -0.39 is 0 Å². The molecule has 23 heavy (non-hydrogen) atoms. The Morgan fingerprint density at radius 2 is 1.78 bits per heavy atom. The van der Waals surface area contributed by atoms with Gasteiger partial charge in [-0.15, -0.1) is 0 Å². The summed E-state index contributed by atoms with van der Waals surface area (Å²) in [4.78, 5) is 27.6. The van der Waals surface area contributed by atoms with Gasteiger partial charge in [0.05, 0.1) is 6.04 Å². The Morgan fingerprint density at radius 3 is 2.43 bits per heavy atom. The van der Waals surface area contributed by atoms with E-state index in [1.165, 1.54) is 0 Å². The van der Waals surface area contributed by atoms with Crippen LogP contribution in [0.4, 0.5) is 0 Å². The minimum Gasteiger partial charge on any atom is -0.491 e. The Hall–Kier alpha value is -2.04. The molecule has 1 atom stereocenters. The van der Waals surface area contributed by atoms with Crippen molar-refractivity contribution < 1.29 is 14.3 Å². The zero-order valence-electron chi connectivity index (χ0n) is 13.7. The summed E-state index contributed by atoms with van der Waals surface area (Å²) in [5, 5.41) is 0. The summed E-state index contributed by atoms with van der Waals surface area (Å²) in [7, 11) is 0. The van der Waals surface area contributed by atoms with Crippen LogP contribution in [-0.4, -0.2) is 53.9 Å². The lowest BCUT2D eigenvalue weighted by Crippen LogP contribution is -2.37. The lowest BCUT2D eigenvalue weighted by atomic mass is 10.2. The van der Waals surface area contributed by atoms with Crippen LogP contribution in [0.25, 0.3) is 0 Å². The third-order valence-electron chi connectivity index (χ3n) is 4.72. The van der Waals surface area contributed by atoms with E-state index >= 15 is 0 Å². The average molecular weight is 316 g/mol. The van der Waals surface area contributed by atoms with Crippen molar-refractivity contribution in [3.8, 4) is 5.75 Å². The summed E-state index contributed by atoms with van der Waals surface area (Å²) in [6, 6.07) is 7.51. The summed E-state index contributed by atoms with van der Waals surface area (Å²) in [6.45, 7) is 4.67. The minimum absolute atomic E-state index is 0.104. The number of benzene rings is 1. The number of carbonyl (C=O) groups is 2. The topological polar surface area (TPSA) is 49.9 Å². The van der Waals surface area contributed by atoms with Crippen LogP contribution in [0, 0.1) is 0 Å². The number of hydrogen-bond donors (Lipinski definition) is 0. The summed E-state index contributed by atoms with van der Waals surface area (Å²) < 4.78 is 5.81. The fourth-order valence-corrected chi connectivity index (χ4v) is 3.41. The van der Waals surface area contributed by atoms with Crippen molar-refractivity contribution in [2.75, 3.05) is 26.2 Å². The van der Waals surface area contributed by atoms with Gasteiger partial charge in [0.15, 0.2) is 0 Å². The molecule has 0 radical (unpaired) electrons. The zero-order valence-corrected chi connectivity index (χ0v) is 13.7. The van der Waals surface area contributed by atoms with Gasteiger partial charge in [0, 0.05) is 32.1 Å². The van der Waals surface area contributed by atoms with E-state index in [1.54, 1.807) is 6.92 Å². The molecule has 5 nitrogen and oxygen atoms in total. The molecule has 0 N–H and O–H groups in total. The standard InChI is InChI=1S/C18H24N2O3/c1-14(21)20-12-4-5-16(20)13-23-17-8-6-15(7-9-17)18(22)19-10-2-3-11-19/h6-9,16H,2-5,10-13H2,1H3. The number of likely N-dealkylation sites (tertiary alicyclic amines) is 2. The molecule has 1 aromatic carbocycles. The Kier molecular flexibility index (Phi) is 4.84. The van der Waals surface area contributed by atoms with Gasteiger partial charge in [0.2, 0.25) is 5.91 Å². The van der Waals surface area contributed by atoms with Crippen molar-refractivity contribution in [2.24, 2.45) is 0 Å². The highest BCUT2D eigenvalue weighted by atomic mass is 16.5. The minimum atomic E-state index is 0.104. The highest BCUT2D eigenvalue weighted by Crippen LogP contribution is 2.20. The van der Waals surface area contributed by atoms with E-state index in [-0.39, 0.29) is 17.9 Å². The molecule has 2 heterocycles. The van der Waals surface area contributed by atoms with Gasteiger partial charge in [-0.2, -0.15) is 0 Å². The molecule has 0 aliphatic carbocycles. The first-order valence-corrected chi connectivity index (χ1v) is 8.44. The van der Waals surface area contributed by atoms with E-state index in [1.807, 2.05) is 34.1 Å². The van der Waals surface area contributed by atoms with Gasteiger partial charge in [-0.25, -0.2) is 0 Å². The molecule has 2 aliphatic heterocycles. The predicted molar refractivity (Wildman–Crippen MR) is 87.5 cm³/mol. The second-order valence-corrected chi connectivity index (χ2v) is 6.34. The highest BCUT2D eigenvalue weighted by molar-refractivity contribution is 5.94. The lowest BCUT2D eigenvalue weighted by Gasteiger charge is -2.23. The molecule has 2 saturated heterocycles. The van der Waals surface area contributed by atoms with Gasteiger partial charge >= 0.3 is 0 Å². The molecule has 1 aromatic rings.